The molecule has 0 aliphatic carbocycles. The maximum atomic E-state index is 2.66. The van der Waals surface area contributed by atoms with Gasteiger partial charge in [0.25, 0.3) is 0 Å². The van der Waals surface area contributed by atoms with Crippen molar-refractivity contribution in [2.24, 2.45) is 0 Å². The molecule has 4 heteroatoms. The van der Waals surface area contributed by atoms with Crippen LogP contribution in [0.1, 0.15) is 26.7 Å². The molecule has 0 heterocycles. The first-order valence-corrected chi connectivity index (χ1v) is 15.8. The maximum absolute atomic E-state index is 2.66. The van der Waals surface area contributed by atoms with Crippen molar-refractivity contribution in [3.8, 4) is 0 Å². The number of hydrogen-bond acceptors (Lipinski definition) is 0. The zero-order valence-electron chi connectivity index (χ0n) is 12.9. The van der Waals surface area contributed by atoms with Crippen molar-refractivity contribution in [3.63, 3.8) is 0 Å². The van der Waals surface area contributed by atoms with Crippen molar-refractivity contribution in [3.05, 3.63) is 0 Å². The first kappa shape index (κ1) is 17.9. The lowest BCUT2D eigenvalue weighted by molar-refractivity contribution is 1.04. The van der Waals surface area contributed by atoms with E-state index in [0.717, 1.165) is 0 Å². The molecule has 0 radical (unpaired) electrons. The molecular formula is C13H36BPSi2. The molecule has 0 bridgehead atoms. The predicted octanol–water partition coefficient (Wildman–Crippen LogP) is 4.23. The molecule has 0 atom stereocenters. The molecule has 0 rings (SSSR count). The summed E-state index contributed by atoms with van der Waals surface area (Å²) in [4.78, 5) is 1.27. The summed E-state index contributed by atoms with van der Waals surface area (Å²) in [6, 6.07) is 0. The molecule has 0 unspecified atom stereocenters. The van der Waals surface area contributed by atoms with Crippen molar-refractivity contribution in [2.75, 3.05) is 12.3 Å². The summed E-state index contributed by atoms with van der Waals surface area (Å²) in [7, 11) is -1.81. The highest BCUT2D eigenvalue weighted by Crippen LogP contribution is 2.64. The Kier molecular flexibility index (Phi) is 6.74. The van der Waals surface area contributed by atoms with Crippen molar-refractivity contribution in [1.29, 1.82) is 0 Å². The highest BCUT2D eigenvalue weighted by atomic mass is 31.2. The first-order valence-electron chi connectivity index (χ1n) is 6.88. The van der Waals surface area contributed by atoms with Crippen LogP contribution in [0.5, 0.6) is 0 Å². The van der Waals surface area contributed by atoms with Crippen LogP contribution < -0.4 is 0 Å². The summed E-state index contributed by atoms with van der Waals surface area (Å²) in [6.07, 6.45) is 6.23. The quantitative estimate of drug-likeness (QED) is 0.486. The van der Waals surface area contributed by atoms with Gasteiger partial charge in [0.15, 0.2) is 0 Å². The van der Waals surface area contributed by atoms with Gasteiger partial charge >= 0.3 is 0 Å². The molecule has 0 fully saturated rings. The fourth-order valence-corrected chi connectivity index (χ4v) is 25.9. The second-order valence-electron chi connectivity index (χ2n) is 7.17. The van der Waals surface area contributed by atoms with E-state index < -0.39 is 23.3 Å². The normalized spacial score (nSPS) is 14.5. The summed E-state index contributed by atoms with van der Waals surface area (Å²) in [5.74, 6) is 0. The average molecular weight is 290 g/mol. The van der Waals surface area contributed by atoms with Crippen LogP contribution in [0.2, 0.25) is 39.3 Å². The Morgan fingerprint density at radius 1 is 0.824 bits per heavy atom. The lowest BCUT2D eigenvalue weighted by atomic mass is 10.6. The first-order chi connectivity index (χ1) is 7.49. The van der Waals surface area contributed by atoms with Crippen LogP contribution in [0.3, 0.4) is 0 Å². The third-order valence-corrected chi connectivity index (χ3v) is 21.1. The van der Waals surface area contributed by atoms with Crippen molar-refractivity contribution in [2.45, 2.75) is 70.9 Å². The smallest absolute Gasteiger partial charge is 0.126 e. The standard InChI is InChI=1S/C13H36BPSi2/c1-9-11-15(14,12-10-2)13(16(3,4)5)17(6,7)8/h13H,9-12H2,1-8,14H3. The summed E-state index contributed by atoms with van der Waals surface area (Å²) in [6.45, 7) is 20.8. The average Bonchev–Trinajstić information content (AvgIpc) is 1.97. The molecule has 17 heavy (non-hydrogen) atoms. The predicted molar refractivity (Wildman–Crippen MR) is 97.7 cm³/mol. The Morgan fingerprint density at radius 2 is 1.12 bits per heavy atom. The fourth-order valence-electron chi connectivity index (χ4n) is 3.34. The second-order valence-corrected chi connectivity index (χ2v) is 21.9. The van der Waals surface area contributed by atoms with Gasteiger partial charge in [0, 0.05) is 17.2 Å². The molecule has 0 N–H and O–H groups in total. The van der Waals surface area contributed by atoms with E-state index in [1.165, 1.54) is 17.7 Å². The van der Waals surface area contributed by atoms with Crippen molar-refractivity contribution >= 4 is 30.9 Å². The van der Waals surface area contributed by atoms with Crippen molar-refractivity contribution in [1.82, 2.24) is 0 Å². The highest BCUT2D eigenvalue weighted by molar-refractivity contribution is 8.01. The van der Waals surface area contributed by atoms with E-state index >= 15 is 0 Å². The van der Waals surface area contributed by atoms with E-state index in [2.05, 4.69) is 53.1 Å². The second kappa shape index (κ2) is 6.39. The van der Waals surface area contributed by atoms with Gasteiger partial charge in [0.05, 0.1) is 16.1 Å². The fraction of sp³-hybridized carbons (Fsp3) is 1.00. The minimum atomic E-state index is -0.958. The molecule has 0 aliphatic rings. The molecule has 0 spiro atoms. The molecule has 0 aromatic rings. The van der Waals surface area contributed by atoms with E-state index in [1.54, 1.807) is 12.3 Å². The van der Waals surface area contributed by atoms with Crippen LogP contribution >= 0.6 is 7.14 Å². The topological polar surface area (TPSA) is 0 Å². The molecule has 104 valence electrons. The molecule has 0 saturated heterocycles. The molecule has 0 aliphatic heterocycles. The number of rotatable bonds is 7. The van der Waals surface area contributed by atoms with Gasteiger partial charge in [0.2, 0.25) is 0 Å². The van der Waals surface area contributed by atoms with Gasteiger partial charge in [-0.1, -0.05) is 53.1 Å². The van der Waals surface area contributed by atoms with Gasteiger partial charge < -0.3 is 0 Å². The van der Waals surface area contributed by atoms with Crippen molar-refractivity contribution < 1.29 is 0 Å². The lowest BCUT2D eigenvalue weighted by Crippen LogP contribution is -2.55. The van der Waals surface area contributed by atoms with Crippen LogP contribution in [-0.4, -0.2) is 40.9 Å². The van der Waals surface area contributed by atoms with Crippen LogP contribution in [0, 0.1) is 0 Å². The Balaban J connectivity index is 5.38. The van der Waals surface area contributed by atoms with Crippen LogP contribution in [0.25, 0.3) is 0 Å². The molecule has 0 saturated carbocycles. The maximum Gasteiger partial charge on any atom is 0.126 e. The Labute approximate surface area is 114 Å². The van der Waals surface area contributed by atoms with Crippen LogP contribution in [0.15, 0.2) is 0 Å². The third kappa shape index (κ3) is 5.20. The molecule has 0 aromatic heterocycles. The van der Waals surface area contributed by atoms with Gasteiger partial charge in [-0.15, -0.1) is 0 Å². The Bertz CT molecular complexity index is 211. The third-order valence-electron chi connectivity index (χ3n) is 3.03. The minimum absolute atomic E-state index is 0.449. The zero-order valence-corrected chi connectivity index (χ0v) is 15.7. The van der Waals surface area contributed by atoms with E-state index in [4.69, 9.17) is 0 Å². The molecule has 0 aromatic carbocycles. The van der Waals surface area contributed by atoms with E-state index in [-0.39, 0.29) is 0 Å². The van der Waals surface area contributed by atoms with Gasteiger partial charge in [-0.25, -0.2) is 0 Å². The summed E-state index contributed by atoms with van der Waals surface area (Å²) >= 11 is 0. The summed E-state index contributed by atoms with van der Waals surface area (Å²) < 4.78 is 0. The van der Waals surface area contributed by atoms with Gasteiger partial charge in [-0.2, -0.15) is 7.14 Å². The van der Waals surface area contributed by atoms with Crippen LogP contribution in [-0.2, 0) is 0 Å². The van der Waals surface area contributed by atoms with Gasteiger partial charge in [-0.3, -0.25) is 0 Å². The Morgan fingerprint density at radius 3 is 1.29 bits per heavy atom. The number of hydrogen-bond donors (Lipinski definition) is 0. The Hall–Kier alpha value is 0.929. The lowest BCUT2D eigenvalue weighted by Gasteiger charge is -2.50. The largest absolute Gasteiger partial charge is 0.162 e. The van der Waals surface area contributed by atoms with E-state index in [0.29, 0.717) is 7.57 Å². The van der Waals surface area contributed by atoms with Gasteiger partial charge in [0.1, 0.15) is 7.57 Å². The van der Waals surface area contributed by atoms with Gasteiger partial charge in [-0.05, 0) is 12.8 Å². The summed E-state index contributed by atoms with van der Waals surface area (Å²) in [5, 5.41) is 0. The SMILES string of the molecule is [BH3-][P+](CCC)(CCC)C([Si](C)(C)C)[Si](C)(C)C. The zero-order chi connectivity index (χ0) is 13.9. The molecule has 0 amide bonds. The minimum Gasteiger partial charge on any atom is -0.162 e. The summed E-state index contributed by atoms with van der Waals surface area (Å²) in [5.41, 5.74) is 0. The molecular weight excluding hydrogens is 254 g/mol. The van der Waals surface area contributed by atoms with E-state index in [1.807, 2.05) is 0 Å². The van der Waals surface area contributed by atoms with Crippen LogP contribution in [0.4, 0.5) is 0 Å². The monoisotopic (exact) mass is 290 g/mol. The highest BCUT2D eigenvalue weighted by Gasteiger charge is 2.49. The molecule has 0 nitrogen and oxygen atoms in total. The van der Waals surface area contributed by atoms with E-state index in [9.17, 15) is 0 Å².